The Morgan fingerprint density at radius 3 is 2.75 bits per heavy atom. The van der Waals surface area contributed by atoms with E-state index in [9.17, 15) is 4.79 Å². The summed E-state index contributed by atoms with van der Waals surface area (Å²) in [6.07, 6.45) is 6.27. The number of anilines is 1. The number of aryl methyl sites for hydroxylation is 3. The van der Waals surface area contributed by atoms with Crippen LogP contribution in [0.5, 0.6) is 0 Å². The number of nitrogens with one attached hydrogen (secondary N) is 1. The van der Waals surface area contributed by atoms with Gasteiger partial charge in [-0.25, -0.2) is 0 Å². The molecule has 1 aliphatic rings. The van der Waals surface area contributed by atoms with Gasteiger partial charge in [-0.3, -0.25) is 4.79 Å². The van der Waals surface area contributed by atoms with Crippen LogP contribution in [0.4, 0.5) is 5.00 Å². The van der Waals surface area contributed by atoms with Gasteiger partial charge in [0.25, 0.3) is 0 Å². The number of hydrogen-bond donors (Lipinski definition) is 1. The third-order valence-electron chi connectivity index (χ3n) is 3.74. The molecule has 3 rings (SSSR count). The molecule has 1 aromatic heterocycles. The van der Waals surface area contributed by atoms with Crippen LogP contribution in [0.3, 0.4) is 0 Å². The van der Waals surface area contributed by atoms with Crippen LogP contribution in [0.2, 0.25) is 0 Å². The quantitative estimate of drug-likeness (QED) is 0.896. The molecule has 0 fully saturated rings. The van der Waals surface area contributed by atoms with Crippen molar-refractivity contribution in [3.05, 3.63) is 52.4 Å². The number of rotatable bonds is 4. The predicted molar refractivity (Wildman–Crippen MR) is 84.4 cm³/mol. The first-order chi connectivity index (χ1) is 9.81. The molecule has 1 heterocycles. The lowest BCUT2D eigenvalue weighted by Gasteiger charge is -2.08. The summed E-state index contributed by atoms with van der Waals surface area (Å²) >= 11 is 1.75. The van der Waals surface area contributed by atoms with Crippen molar-refractivity contribution < 1.29 is 4.79 Å². The molecule has 20 heavy (non-hydrogen) atoms. The Morgan fingerprint density at radius 2 is 1.95 bits per heavy atom. The molecular formula is C17H19NOS. The van der Waals surface area contributed by atoms with Crippen LogP contribution in [0.1, 0.15) is 35.3 Å². The maximum absolute atomic E-state index is 12.0. The normalized spacial score (nSPS) is 13.8. The summed E-state index contributed by atoms with van der Waals surface area (Å²) in [6, 6.07) is 12.3. The van der Waals surface area contributed by atoms with Gasteiger partial charge in [-0.15, -0.1) is 11.3 Å². The lowest BCUT2D eigenvalue weighted by Crippen LogP contribution is -2.11. The van der Waals surface area contributed by atoms with Gasteiger partial charge >= 0.3 is 0 Å². The lowest BCUT2D eigenvalue weighted by molar-refractivity contribution is -0.116. The largest absolute Gasteiger partial charge is 0.318 e. The molecule has 2 nitrogen and oxygen atoms in total. The maximum atomic E-state index is 12.0. The number of benzene rings is 1. The molecule has 0 aliphatic heterocycles. The number of carbonyl (C=O) groups excluding carboxylic acids is 1. The molecule has 2 aromatic rings. The summed E-state index contributed by atoms with van der Waals surface area (Å²) in [6.45, 7) is 0. The zero-order chi connectivity index (χ0) is 13.8. The molecule has 1 amide bonds. The van der Waals surface area contributed by atoms with Gasteiger partial charge < -0.3 is 5.32 Å². The first-order valence-corrected chi connectivity index (χ1v) is 8.08. The van der Waals surface area contributed by atoms with Gasteiger partial charge in [0.05, 0.1) is 5.00 Å². The predicted octanol–water partition coefficient (Wildman–Crippen LogP) is 4.20. The van der Waals surface area contributed by atoms with Gasteiger partial charge in [0, 0.05) is 11.3 Å². The SMILES string of the molecule is O=C(CCc1ccccc1)Nc1cc2c(s1)CCCC2. The van der Waals surface area contributed by atoms with E-state index in [1.165, 1.54) is 41.7 Å². The molecule has 3 heteroatoms. The Bertz CT molecular complexity index is 565. The second-order valence-electron chi connectivity index (χ2n) is 5.30. The average molecular weight is 285 g/mol. The highest BCUT2D eigenvalue weighted by atomic mass is 32.1. The number of hydrogen-bond acceptors (Lipinski definition) is 2. The Kier molecular flexibility index (Phi) is 4.16. The molecule has 104 valence electrons. The molecule has 1 aliphatic carbocycles. The first-order valence-electron chi connectivity index (χ1n) is 7.26. The topological polar surface area (TPSA) is 29.1 Å². The van der Waals surface area contributed by atoms with Gasteiger partial charge in [0.15, 0.2) is 0 Å². The molecule has 0 radical (unpaired) electrons. The fourth-order valence-electron chi connectivity index (χ4n) is 2.65. The number of amides is 1. The average Bonchev–Trinajstić information content (AvgIpc) is 2.88. The number of fused-ring (bicyclic) bond motifs is 1. The van der Waals surface area contributed by atoms with Crippen molar-refractivity contribution in [1.29, 1.82) is 0 Å². The van der Waals surface area contributed by atoms with E-state index >= 15 is 0 Å². The van der Waals surface area contributed by atoms with Crippen LogP contribution in [-0.2, 0) is 24.1 Å². The Balaban J connectivity index is 1.55. The second-order valence-corrected chi connectivity index (χ2v) is 6.44. The summed E-state index contributed by atoms with van der Waals surface area (Å²) in [5, 5.41) is 4.07. The van der Waals surface area contributed by atoms with Gasteiger partial charge in [0.1, 0.15) is 0 Å². The highest BCUT2D eigenvalue weighted by molar-refractivity contribution is 7.16. The van der Waals surface area contributed by atoms with E-state index in [0.717, 1.165) is 11.4 Å². The Labute approximate surface area is 123 Å². The Morgan fingerprint density at radius 1 is 1.15 bits per heavy atom. The molecular weight excluding hydrogens is 266 g/mol. The molecule has 1 aromatic carbocycles. The van der Waals surface area contributed by atoms with Crippen molar-refractivity contribution in [3.63, 3.8) is 0 Å². The maximum Gasteiger partial charge on any atom is 0.225 e. The summed E-state index contributed by atoms with van der Waals surface area (Å²) in [7, 11) is 0. The zero-order valence-corrected chi connectivity index (χ0v) is 12.3. The summed E-state index contributed by atoms with van der Waals surface area (Å²) in [4.78, 5) is 13.5. The van der Waals surface area contributed by atoms with Crippen LogP contribution in [0.25, 0.3) is 0 Å². The van der Waals surface area contributed by atoms with Crippen LogP contribution in [-0.4, -0.2) is 5.91 Å². The van der Waals surface area contributed by atoms with Crippen LogP contribution in [0, 0.1) is 0 Å². The number of carbonyl (C=O) groups is 1. The third-order valence-corrected chi connectivity index (χ3v) is 4.90. The van der Waals surface area contributed by atoms with Crippen LogP contribution >= 0.6 is 11.3 Å². The van der Waals surface area contributed by atoms with E-state index in [0.29, 0.717) is 6.42 Å². The van der Waals surface area contributed by atoms with Gasteiger partial charge in [-0.05, 0) is 49.3 Å². The smallest absolute Gasteiger partial charge is 0.225 e. The van der Waals surface area contributed by atoms with Crippen molar-refractivity contribution in [3.8, 4) is 0 Å². The molecule has 0 spiro atoms. The van der Waals surface area contributed by atoms with Crippen molar-refractivity contribution in [2.45, 2.75) is 38.5 Å². The van der Waals surface area contributed by atoms with E-state index in [2.05, 4.69) is 23.5 Å². The molecule has 1 N–H and O–H groups in total. The fraction of sp³-hybridized carbons (Fsp3) is 0.353. The summed E-state index contributed by atoms with van der Waals surface area (Å²) in [5.41, 5.74) is 2.66. The van der Waals surface area contributed by atoms with E-state index in [4.69, 9.17) is 0 Å². The monoisotopic (exact) mass is 285 g/mol. The molecule has 0 unspecified atom stereocenters. The van der Waals surface area contributed by atoms with E-state index in [-0.39, 0.29) is 5.91 Å². The van der Waals surface area contributed by atoms with Crippen LogP contribution in [0.15, 0.2) is 36.4 Å². The second kappa shape index (κ2) is 6.23. The first kappa shape index (κ1) is 13.4. The van der Waals surface area contributed by atoms with Crippen LogP contribution < -0.4 is 5.32 Å². The minimum atomic E-state index is 0.118. The van der Waals surface area contributed by atoms with E-state index < -0.39 is 0 Å². The highest BCUT2D eigenvalue weighted by Gasteiger charge is 2.14. The summed E-state index contributed by atoms with van der Waals surface area (Å²) in [5.74, 6) is 0.118. The van der Waals surface area contributed by atoms with Gasteiger partial charge in [-0.2, -0.15) is 0 Å². The molecule has 0 bridgehead atoms. The molecule has 0 saturated heterocycles. The Hall–Kier alpha value is -1.61. The lowest BCUT2D eigenvalue weighted by atomic mass is 10.00. The van der Waals surface area contributed by atoms with Crippen molar-refractivity contribution in [2.24, 2.45) is 0 Å². The van der Waals surface area contributed by atoms with E-state index in [1.54, 1.807) is 11.3 Å². The molecule has 0 saturated carbocycles. The van der Waals surface area contributed by atoms with Crippen molar-refractivity contribution in [2.75, 3.05) is 5.32 Å². The minimum absolute atomic E-state index is 0.118. The number of thiophene rings is 1. The highest BCUT2D eigenvalue weighted by Crippen LogP contribution is 2.32. The van der Waals surface area contributed by atoms with Gasteiger partial charge in [-0.1, -0.05) is 30.3 Å². The van der Waals surface area contributed by atoms with Gasteiger partial charge in [0.2, 0.25) is 5.91 Å². The summed E-state index contributed by atoms with van der Waals surface area (Å²) < 4.78 is 0. The third kappa shape index (κ3) is 3.28. The molecule has 0 atom stereocenters. The minimum Gasteiger partial charge on any atom is -0.318 e. The standard InChI is InChI=1S/C17H19NOS/c19-16(11-10-13-6-2-1-3-7-13)18-17-12-14-8-4-5-9-15(14)20-17/h1-3,6-7,12H,4-5,8-11H2,(H,18,19). The zero-order valence-electron chi connectivity index (χ0n) is 11.5. The van der Waals surface area contributed by atoms with E-state index in [1.807, 2.05) is 18.2 Å². The van der Waals surface area contributed by atoms with Crippen molar-refractivity contribution >= 4 is 22.2 Å². The van der Waals surface area contributed by atoms with Crippen molar-refractivity contribution in [1.82, 2.24) is 0 Å². The fourth-order valence-corrected chi connectivity index (χ4v) is 3.82.